The molecule has 5 heterocycles. The minimum absolute atomic E-state index is 0.110. The van der Waals surface area contributed by atoms with Crippen molar-refractivity contribution in [1.82, 2.24) is 19.7 Å². The predicted octanol–water partition coefficient (Wildman–Crippen LogP) is 5.49. The van der Waals surface area contributed by atoms with E-state index in [9.17, 15) is 0 Å². The van der Waals surface area contributed by atoms with Gasteiger partial charge in [-0.05, 0) is 67.5 Å². The Morgan fingerprint density at radius 1 is 1.07 bits per heavy atom. The number of rotatable bonds is 6. The number of benzene rings is 1. The van der Waals surface area contributed by atoms with Gasteiger partial charge in [-0.2, -0.15) is 15.1 Å². The van der Waals surface area contributed by atoms with Crippen LogP contribution in [-0.2, 0) is 37.0 Å². The van der Waals surface area contributed by atoms with Crippen molar-refractivity contribution in [2.24, 2.45) is 0 Å². The molecule has 0 N–H and O–H groups in total. The Hall–Kier alpha value is -2.08. The number of hydrogen-bond acceptors (Lipinski definition) is 8. The smallest absolute Gasteiger partial charge is 0.226 e. The van der Waals surface area contributed by atoms with Crippen molar-refractivity contribution in [3.63, 3.8) is 0 Å². The second kappa shape index (κ2) is 9.71. The third-order valence-corrected chi connectivity index (χ3v) is 14.9. The third-order valence-electron chi connectivity index (χ3n) is 10.2. The largest absolute Gasteiger partial charge is 0.414 e. The van der Waals surface area contributed by atoms with Gasteiger partial charge in [-0.15, -0.1) is 0 Å². The molecular formula is C31H42ClN5O4Si. The van der Waals surface area contributed by atoms with Crippen LogP contribution in [0, 0.1) is 0 Å². The minimum Gasteiger partial charge on any atom is -0.414 e. The highest BCUT2D eigenvalue weighted by Crippen LogP contribution is 2.48. The number of aryl methyl sites for hydroxylation is 1. The summed E-state index contributed by atoms with van der Waals surface area (Å²) < 4.78 is 27.7. The molecule has 3 saturated heterocycles. The predicted molar refractivity (Wildman–Crippen MR) is 165 cm³/mol. The maximum atomic E-state index is 6.59. The van der Waals surface area contributed by atoms with E-state index < -0.39 is 14.1 Å². The maximum Gasteiger partial charge on any atom is 0.226 e. The fraction of sp³-hybridized carbons (Fsp3) is 0.645. The Morgan fingerprint density at radius 2 is 1.79 bits per heavy atom. The van der Waals surface area contributed by atoms with Crippen LogP contribution in [0.5, 0.6) is 0 Å². The van der Waals surface area contributed by atoms with Gasteiger partial charge >= 0.3 is 0 Å². The Bertz CT molecular complexity index is 1510. The molecule has 4 atom stereocenters. The van der Waals surface area contributed by atoms with Gasteiger partial charge in [0.1, 0.15) is 30.2 Å². The first kappa shape index (κ1) is 28.7. The Labute approximate surface area is 254 Å². The van der Waals surface area contributed by atoms with Gasteiger partial charge in [0.05, 0.1) is 24.7 Å². The number of halogens is 1. The van der Waals surface area contributed by atoms with Gasteiger partial charge in [0, 0.05) is 18.5 Å². The van der Waals surface area contributed by atoms with E-state index >= 15 is 0 Å². The summed E-state index contributed by atoms with van der Waals surface area (Å²) in [4.78, 5) is 11.6. The van der Waals surface area contributed by atoms with Crippen LogP contribution in [0.1, 0.15) is 52.2 Å². The standard InChI is InChI=1S/C31H42ClN5O4Si/c1-29(2,3)42(6,7)38-16-23-25-24(40-30(4,5)41-25)22(39-23)15-37-27-20(14-33-37)26(34-28(32)35-27)36-17-31(18-36)13-12-19-10-8-9-11-21(19)31/h8-11,14,22-25H,12-13,15-18H2,1-7H3/t22-,23-,24+,25-/m1/s1. The molecule has 0 radical (unpaired) electrons. The monoisotopic (exact) mass is 611 g/mol. The molecule has 2 aromatic heterocycles. The summed E-state index contributed by atoms with van der Waals surface area (Å²) in [7, 11) is -1.96. The summed E-state index contributed by atoms with van der Waals surface area (Å²) >= 11 is 6.52. The first-order valence-corrected chi connectivity index (χ1v) is 18.4. The minimum atomic E-state index is -1.96. The number of aromatic nitrogens is 4. The van der Waals surface area contributed by atoms with Gasteiger partial charge in [-0.25, -0.2) is 4.68 Å². The van der Waals surface area contributed by atoms with E-state index in [1.54, 1.807) is 0 Å². The van der Waals surface area contributed by atoms with Crippen LogP contribution in [0.15, 0.2) is 30.5 Å². The summed E-state index contributed by atoms with van der Waals surface area (Å²) in [5.41, 5.74) is 3.85. The highest BCUT2D eigenvalue weighted by Gasteiger charge is 2.56. The van der Waals surface area contributed by atoms with Crippen molar-refractivity contribution in [3.8, 4) is 0 Å². The van der Waals surface area contributed by atoms with E-state index in [-0.39, 0.29) is 40.2 Å². The van der Waals surface area contributed by atoms with Crippen molar-refractivity contribution in [2.75, 3.05) is 24.6 Å². The zero-order chi connectivity index (χ0) is 29.7. The first-order valence-electron chi connectivity index (χ1n) is 15.1. The molecule has 4 aliphatic rings. The van der Waals surface area contributed by atoms with Gasteiger partial charge in [0.15, 0.2) is 19.8 Å². The lowest BCUT2D eigenvalue weighted by Gasteiger charge is -2.49. The second-order valence-electron chi connectivity index (χ2n) is 14.5. The Morgan fingerprint density at radius 3 is 2.52 bits per heavy atom. The molecule has 9 nitrogen and oxygen atoms in total. The van der Waals surface area contributed by atoms with Crippen LogP contribution < -0.4 is 4.90 Å². The summed E-state index contributed by atoms with van der Waals surface area (Å²) in [6.45, 7) is 18.0. The summed E-state index contributed by atoms with van der Waals surface area (Å²) in [5, 5.41) is 5.98. The van der Waals surface area contributed by atoms with Crippen molar-refractivity contribution in [2.45, 2.75) is 108 Å². The quantitative estimate of drug-likeness (QED) is 0.267. The number of anilines is 1. The van der Waals surface area contributed by atoms with Gasteiger partial charge in [-0.1, -0.05) is 45.0 Å². The molecule has 0 bridgehead atoms. The molecular weight excluding hydrogens is 570 g/mol. The third kappa shape index (κ3) is 4.69. The highest BCUT2D eigenvalue weighted by atomic mass is 35.5. The summed E-state index contributed by atoms with van der Waals surface area (Å²) in [6, 6.07) is 8.84. The number of nitrogens with zero attached hydrogens (tertiary/aromatic N) is 5. The molecule has 3 aliphatic heterocycles. The van der Waals surface area contributed by atoms with E-state index in [4.69, 9.17) is 35.3 Å². The van der Waals surface area contributed by atoms with Crippen molar-refractivity contribution >= 4 is 36.8 Å². The zero-order valence-corrected chi connectivity index (χ0v) is 27.4. The van der Waals surface area contributed by atoms with Gasteiger partial charge < -0.3 is 23.5 Å². The van der Waals surface area contributed by atoms with Crippen molar-refractivity contribution in [3.05, 3.63) is 46.9 Å². The molecule has 3 fully saturated rings. The van der Waals surface area contributed by atoms with Crippen LogP contribution in [0.25, 0.3) is 11.0 Å². The molecule has 7 rings (SSSR count). The normalized spacial score (nSPS) is 28.0. The Balaban J connectivity index is 1.11. The molecule has 1 spiro atoms. The highest BCUT2D eigenvalue weighted by molar-refractivity contribution is 6.74. The molecule has 3 aromatic rings. The SMILES string of the molecule is CC1(C)O[C@@H]2[C@H](O1)[C@@H](CO[Si](C)(C)C(C)(C)C)O[C@@H]2Cn1ncc2c(N3CC4(CCc5ccccc54)C3)nc(Cl)nc21. The van der Waals surface area contributed by atoms with Crippen molar-refractivity contribution in [1.29, 1.82) is 0 Å². The maximum absolute atomic E-state index is 6.59. The number of fused-ring (bicyclic) bond motifs is 4. The van der Waals surface area contributed by atoms with E-state index in [2.05, 4.69) is 73.0 Å². The van der Waals surface area contributed by atoms with Gasteiger partial charge in [-0.3, -0.25) is 0 Å². The second-order valence-corrected chi connectivity index (χ2v) is 19.7. The lowest BCUT2D eigenvalue weighted by molar-refractivity contribution is -0.191. The first-order chi connectivity index (χ1) is 19.8. The van der Waals surface area contributed by atoms with Gasteiger partial charge in [0.25, 0.3) is 0 Å². The van der Waals surface area contributed by atoms with Crippen LogP contribution in [0.2, 0.25) is 23.4 Å². The molecule has 11 heteroatoms. The molecule has 226 valence electrons. The summed E-state index contributed by atoms with van der Waals surface area (Å²) in [5.74, 6) is 0.155. The van der Waals surface area contributed by atoms with Crippen LogP contribution in [-0.4, -0.2) is 78.0 Å². The fourth-order valence-corrected chi connectivity index (χ4v) is 8.12. The molecule has 1 aliphatic carbocycles. The molecule has 42 heavy (non-hydrogen) atoms. The van der Waals surface area contributed by atoms with Crippen LogP contribution in [0.4, 0.5) is 5.82 Å². The molecule has 0 saturated carbocycles. The lowest BCUT2D eigenvalue weighted by Crippen LogP contribution is -2.58. The van der Waals surface area contributed by atoms with E-state index in [0.717, 1.165) is 30.7 Å². The molecule has 0 unspecified atom stereocenters. The summed E-state index contributed by atoms with van der Waals surface area (Å²) in [6.07, 6.45) is 3.22. The fourth-order valence-electron chi connectivity index (χ4n) is 6.95. The molecule has 0 amide bonds. The number of hydrogen-bond donors (Lipinski definition) is 0. The van der Waals surface area contributed by atoms with Crippen LogP contribution in [0.3, 0.4) is 0 Å². The van der Waals surface area contributed by atoms with E-state index in [1.165, 1.54) is 17.5 Å². The number of ether oxygens (including phenoxy) is 3. The van der Waals surface area contributed by atoms with Crippen molar-refractivity contribution < 1.29 is 18.6 Å². The van der Waals surface area contributed by atoms with E-state index in [1.807, 2.05) is 24.7 Å². The lowest BCUT2D eigenvalue weighted by atomic mass is 9.75. The zero-order valence-electron chi connectivity index (χ0n) is 25.7. The van der Waals surface area contributed by atoms with Crippen LogP contribution >= 0.6 is 11.6 Å². The molecule has 1 aromatic carbocycles. The Kier molecular flexibility index (Phi) is 6.63. The van der Waals surface area contributed by atoms with Gasteiger partial charge in [0.2, 0.25) is 5.28 Å². The topological polar surface area (TPSA) is 83.8 Å². The average molecular weight is 612 g/mol. The van der Waals surface area contributed by atoms with E-state index in [0.29, 0.717) is 18.8 Å². The average Bonchev–Trinajstić information content (AvgIpc) is 3.62.